The van der Waals surface area contributed by atoms with Crippen LogP contribution in [0.2, 0.25) is 0 Å². The monoisotopic (exact) mass is 294 g/mol. The maximum atomic E-state index is 13.9. The van der Waals surface area contributed by atoms with Gasteiger partial charge in [-0.1, -0.05) is 0 Å². The minimum absolute atomic E-state index is 0.137. The second-order valence-corrected chi connectivity index (χ2v) is 4.39. The third-order valence-electron chi connectivity index (χ3n) is 3.08. The van der Waals surface area contributed by atoms with Gasteiger partial charge in [-0.05, 0) is 25.1 Å². The van der Waals surface area contributed by atoms with E-state index in [0.717, 1.165) is 18.2 Å². The molecule has 0 atom stereocenters. The first kappa shape index (κ1) is 14.4. The summed E-state index contributed by atoms with van der Waals surface area (Å²) in [5.74, 6) is -6.24. The first-order chi connectivity index (χ1) is 9.75. The Labute approximate surface area is 118 Å². The SMILES string of the molecule is Cc1c(O)cc(C(=O)c2ccc(O)c(O)c2O)c(F)c1O. The smallest absolute Gasteiger partial charge is 0.201 e. The highest BCUT2D eigenvalue weighted by atomic mass is 19.1. The van der Waals surface area contributed by atoms with Crippen molar-refractivity contribution in [3.63, 3.8) is 0 Å². The Morgan fingerprint density at radius 2 is 1.52 bits per heavy atom. The van der Waals surface area contributed by atoms with E-state index in [0.29, 0.717) is 0 Å². The molecule has 5 N–H and O–H groups in total. The van der Waals surface area contributed by atoms with Crippen molar-refractivity contribution in [1.29, 1.82) is 0 Å². The topological polar surface area (TPSA) is 118 Å². The van der Waals surface area contributed by atoms with Crippen LogP contribution >= 0.6 is 0 Å². The molecular weight excluding hydrogens is 283 g/mol. The van der Waals surface area contributed by atoms with Crippen LogP contribution in [0.4, 0.5) is 4.39 Å². The average molecular weight is 294 g/mol. The number of rotatable bonds is 2. The molecule has 0 spiro atoms. The maximum absolute atomic E-state index is 13.9. The van der Waals surface area contributed by atoms with Gasteiger partial charge in [-0.15, -0.1) is 0 Å². The summed E-state index contributed by atoms with van der Waals surface area (Å²) in [4.78, 5) is 12.2. The zero-order valence-electron chi connectivity index (χ0n) is 10.8. The molecule has 0 amide bonds. The van der Waals surface area contributed by atoms with Gasteiger partial charge in [-0.25, -0.2) is 4.39 Å². The molecular formula is C14H11FO6. The summed E-state index contributed by atoms with van der Waals surface area (Å²) in [5, 5.41) is 47.2. The molecule has 0 aliphatic heterocycles. The van der Waals surface area contributed by atoms with Crippen molar-refractivity contribution in [1.82, 2.24) is 0 Å². The van der Waals surface area contributed by atoms with Gasteiger partial charge in [0.05, 0.1) is 11.1 Å². The quantitative estimate of drug-likeness (QED) is 0.426. The zero-order chi connectivity index (χ0) is 15.9. The molecule has 6 nitrogen and oxygen atoms in total. The first-order valence-electron chi connectivity index (χ1n) is 5.75. The van der Waals surface area contributed by atoms with Gasteiger partial charge in [-0.2, -0.15) is 0 Å². The molecule has 0 aliphatic rings. The minimum atomic E-state index is -1.26. The van der Waals surface area contributed by atoms with Crippen molar-refractivity contribution < 1.29 is 34.7 Å². The van der Waals surface area contributed by atoms with Crippen molar-refractivity contribution in [2.45, 2.75) is 6.92 Å². The molecule has 0 radical (unpaired) electrons. The van der Waals surface area contributed by atoms with Crippen LogP contribution in [0.1, 0.15) is 21.5 Å². The Morgan fingerprint density at radius 1 is 0.905 bits per heavy atom. The molecule has 0 aliphatic carbocycles. The van der Waals surface area contributed by atoms with Gasteiger partial charge in [0.15, 0.2) is 28.8 Å². The van der Waals surface area contributed by atoms with Crippen LogP contribution in [0.15, 0.2) is 18.2 Å². The fourth-order valence-electron chi connectivity index (χ4n) is 1.78. The first-order valence-corrected chi connectivity index (χ1v) is 5.75. The summed E-state index contributed by atoms with van der Waals surface area (Å²) in [6.07, 6.45) is 0. The van der Waals surface area contributed by atoms with Crippen LogP contribution in [0.5, 0.6) is 28.7 Å². The van der Waals surface area contributed by atoms with Gasteiger partial charge in [0.1, 0.15) is 5.75 Å². The highest BCUT2D eigenvalue weighted by molar-refractivity contribution is 6.12. The van der Waals surface area contributed by atoms with Crippen molar-refractivity contribution in [3.05, 3.63) is 40.7 Å². The van der Waals surface area contributed by atoms with E-state index < -0.39 is 51.5 Å². The van der Waals surface area contributed by atoms with Gasteiger partial charge < -0.3 is 25.5 Å². The number of halogens is 1. The van der Waals surface area contributed by atoms with Crippen LogP contribution in [-0.4, -0.2) is 31.3 Å². The highest BCUT2D eigenvalue weighted by Crippen LogP contribution is 2.39. The summed E-state index contributed by atoms with van der Waals surface area (Å²) < 4.78 is 13.9. The third kappa shape index (κ3) is 2.18. The van der Waals surface area contributed by atoms with Crippen LogP contribution in [-0.2, 0) is 0 Å². The van der Waals surface area contributed by atoms with Crippen LogP contribution in [0.3, 0.4) is 0 Å². The molecule has 0 saturated carbocycles. The van der Waals surface area contributed by atoms with Gasteiger partial charge in [0.2, 0.25) is 5.75 Å². The van der Waals surface area contributed by atoms with E-state index in [1.54, 1.807) is 0 Å². The Kier molecular flexibility index (Phi) is 3.34. The minimum Gasteiger partial charge on any atom is -0.508 e. The summed E-state index contributed by atoms with van der Waals surface area (Å²) in [6.45, 7) is 1.26. The highest BCUT2D eigenvalue weighted by Gasteiger charge is 2.24. The number of carbonyl (C=O) groups excluding carboxylic acids is 1. The lowest BCUT2D eigenvalue weighted by molar-refractivity contribution is 0.103. The van der Waals surface area contributed by atoms with Crippen molar-refractivity contribution >= 4 is 5.78 Å². The Bertz CT molecular complexity index is 754. The molecule has 7 heteroatoms. The number of carbonyl (C=O) groups is 1. The third-order valence-corrected chi connectivity index (χ3v) is 3.08. The maximum Gasteiger partial charge on any atom is 0.201 e. The summed E-state index contributed by atoms with van der Waals surface area (Å²) >= 11 is 0. The largest absolute Gasteiger partial charge is 0.508 e. The van der Waals surface area contributed by atoms with E-state index in [9.17, 15) is 34.7 Å². The van der Waals surface area contributed by atoms with E-state index >= 15 is 0 Å². The molecule has 0 saturated heterocycles. The lowest BCUT2D eigenvalue weighted by Crippen LogP contribution is -2.05. The number of ketones is 1. The molecule has 0 heterocycles. The lowest BCUT2D eigenvalue weighted by atomic mass is 9.99. The number of hydrogen-bond acceptors (Lipinski definition) is 6. The molecule has 0 unspecified atom stereocenters. The van der Waals surface area contributed by atoms with Gasteiger partial charge in [0, 0.05) is 5.56 Å². The molecule has 2 aromatic rings. The Balaban J connectivity index is 2.64. The average Bonchev–Trinajstić information content (AvgIpc) is 2.46. The Hall–Kier alpha value is -2.96. The van der Waals surface area contributed by atoms with E-state index in [2.05, 4.69) is 0 Å². The van der Waals surface area contributed by atoms with E-state index in [1.165, 1.54) is 6.92 Å². The molecule has 0 aromatic heterocycles. The predicted octanol–water partition coefficient (Wildman–Crippen LogP) is 1.89. The van der Waals surface area contributed by atoms with Gasteiger partial charge >= 0.3 is 0 Å². The van der Waals surface area contributed by atoms with Crippen molar-refractivity contribution in [2.75, 3.05) is 0 Å². The predicted molar refractivity (Wildman–Crippen MR) is 69.3 cm³/mol. The van der Waals surface area contributed by atoms with Gasteiger partial charge in [0.25, 0.3) is 0 Å². The number of phenolic OH excluding ortho intramolecular Hbond substituents is 5. The van der Waals surface area contributed by atoms with Crippen LogP contribution in [0, 0.1) is 12.7 Å². The second kappa shape index (κ2) is 4.86. The normalized spacial score (nSPS) is 10.6. The summed E-state index contributed by atoms with van der Waals surface area (Å²) in [6, 6.07) is 2.71. The van der Waals surface area contributed by atoms with E-state index in [1.807, 2.05) is 0 Å². The Morgan fingerprint density at radius 3 is 2.14 bits per heavy atom. The van der Waals surface area contributed by atoms with Crippen LogP contribution < -0.4 is 0 Å². The van der Waals surface area contributed by atoms with Crippen LogP contribution in [0.25, 0.3) is 0 Å². The lowest BCUT2D eigenvalue weighted by Gasteiger charge is -2.10. The standard InChI is InChI=1S/C14H11FO6/c1-5-9(17)4-7(10(15)11(5)18)12(19)6-2-3-8(16)14(21)13(6)20/h2-4,16-18,20-21H,1H3. The van der Waals surface area contributed by atoms with E-state index in [-0.39, 0.29) is 5.56 Å². The molecule has 2 rings (SSSR count). The second-order valence-electron chi connectivity index (χ2n) is 4.39. The molecule has 0 fully saturated rings. The zero-order valence-corrected chi connectivity index (χ0v) is 10.8. The molecule has 2 aromatic carbocycles. The van der Waals surface area contributed by atoms with Crippen molar-refractivity contribution in [2.24, 2.45) is 0 Å². The van der Waals surface area contributed by atoms with E-state index in [4.69, 9.17) is 0 Å². The summed E-state index contributed by atoms with van der Waals surface area (Å²) in [7, 11) is 0. The summed E-state index contributed by atoms with van der Waals surface area (Å²) in [5.41, 5.74) is -1.32. The number of phenols is 5. The molecule has 110 valence electrons. The fraction of sp³-hybridized carbons (Fsp3) is 0.0714. The number of benzene rings is 2. The molecule has 0 bridgehead atoms. The molecule has 21 heavy (non-hydrogen) atoms. The number of aromatic hydroxyl groups is 5. The fourth-order valence-corrected chi connectivity index (χ4v) is 1.78. The van der Waals surface area contributed by atoms with Crippen molar-refractivity contribution in [3.8, 4) is 28.7 Å². The van der Waals surface area contributed by atoms with Gasteiger partial charge in [-0.3, -0.25) is 4.79 Å². The number of hydrogen-bond donors (Lipinski definition) is 5.